The summed E-state index contributed by atoms with van der Waals surface area (Å²) >= 11 is 6.35. The smallest absolute Gasteiger partial charge is 0.347 e. The number of hydrogen-bond acceptors (Lipinski definition) is 2. The van der Waals surface area contributed by atoms with Gasteiger partial charge in [-0.15, -0.1) is 0 Å². The van der Waals surface area contributed by atoms with Gasteiger partial charge in [0.1, 0.15) is 17.7 Å². The third kappa shape index (κ3) is 3.72. The van der Waals surface area contributed by atoms with E-state index in [0.717, 1.165) is 6.07 Å². The number of rotatable bonds is 2. The molecule has 0 saturated carbocycles. The predicted molar refractivity (Wildman–Crippen MR) is 98.2 cm³/mol. The summed E-state index contributed by atoms with van der Waals surface area (Å²) in [5.74, 6) is -1.77. The van der Waals surface area contributed by atoms with Crippen molar-refractivity contribution in [3.63, 3.8) is 0 Å². The van der Waals surface area contributed by atoms with Gasteiger partial charge in [0.25, 0.3) is 0 Å². The molecule has 1 atom stereocenters. The molecule has 1 aliphatic heterocycles. The lowest BCUT2D eigenvalue weighted by molar-refractivity contribution is 0.0615. The number of hydrogen-bond donors (Lipinski definition) is 2. The van der Waals surface area contributed by atoms with Crippen molar-refractivity contribution in [3.05, 3.63) is 58.1 Å². The Hall–Kier alpha value is -2.71. The van der Waals surface area contributed by atoms with Gasteiger partial charge in [-0.25, -0.2) is 13.6 Å². The summed E-state index contributed by atoms with van der Waals surface area (Å²) in [6, 6.07) is 5.91. The zero-order valence-electron chi connectivity index (χ0n) is 14.4. The van der Waals surface area contributed by atoms with Crippen LogP contribution in [0, 0.1) is 11.6 Å². The van der Waals surface area contributed by atoms with Gasteiger partial charge in [0.2, 0.25) is 0 Å². The third-order valence-electron chi connectivity index (χ3n) is 4.36. The number of benzene rings is 2. The number of ether oxygens (including phenoxy) is 1. The van der Waals surface area contributed by atoms with E-state index in [4.69, 9.17) is 27.8 Å². The number of carbonyl (C=O) groups excluding carboxylic acids is 1. The Kier molecular flexibility index (Phi) is 5.29. The van der Waals surface area contributed by atoms with Crippen molar-refractivity contribution in [1.29, 1.82) is 0 Å². The molecule has 2 amide bonds. The summed E-state index contributed by atoms with van der Waals surface area (Å²) in [5, 5.41) is 0.428. The van der Waals surface area contributed by atoms with Gasteiger partial charge in [-0.1, -0.05) is 17.7 Å². The van der Waals surface area contributed by atoms with Gasteiger partial charge in [0.15, 0.2) is 5.96 Å². The molecule has 2 aromatic carbocycles. The minimum atomic E-state index is -0.721. The molecule has 1 unspecified atom stereocenters. The second-order valence-electron chi connectivity index (χ2n) is 6.04. The van der Waals surface area contributed by atoms with E-state index in [9.17, 15) is 13.6 Å². The van der Waals surface area contributed by atoms with Gasteiger partial charge in [-0.3, -0.25) is 0 Å². The van der Waals surface area contributed by atoms with E-state index in [0.29, 0.717) is 21.7 Å². The fourth-order valence-electron chi connectivity index (χ4n) is 3.18. The van der Waals surface area contributed by atoms with Crippen LogP contribution >= 0.6 is 11.6 Å². The Labute approximate surface area is 159 Å². The van der Waals surface area contributed by atoms with Gasteiger partial charge in [-0.2, -0.15) is 4.99 Å². The van der Waals surface area contributed by atoms with E-state index < -0.39 is 23.8 Å². The van der Waals surface area contributed by atoms with E-state index in [1.54, 1.807) is 12.1 Å². The standard InChI is InChI=1S/C18H17ClF2N4O2/c1-27-15-8-25(18(26)24-17(22)23)7-12-10(4-5-13(19)16(12)15)11-3-2-9(20)6-14(11)21/h2-6,15H,7-8H2,1H3,(H4,22,23,24,26). The molecule has 0 spiro atoms. The number of methoxy groups -OCH3 is 1. The molecule has 4 N–H and O–H groups in total. The normalized spacial score (nSPS) is 16.0. The number of urea groups is 1. The maximum atomic E-state index is 14.4. The highest BCUT2D eigenvalue weighted by atomic mass is 35.5. The first kappa shape index (κ1) is 19.1. The number of guanidine groups is 1. The lowest BCUT2D eigenvalue weighted by Crippen LogP contribution is -2.39. The molecule has 2 aromatic rings. The first-order chi connectivity index (χ1) is 12.8. The average molecular weight is 395 g/mol. The topological polar surface area (TPSA) is 93.9 Å². The van der Waals surface area contributed by atoms with E-state index in [-0.39, 0.29) is 24.6 Å². The van der Waals surface area contributed by atoms with Crippen molar-refractivity contribution < 1.29 is 18.3 Å². The second kappa shape index (κ2) is 7.50. The fraction of sp³-hybridized carbons (Fsp3) is 0.222. The van der Waals surface area contributed by atoms with E-state index in [2.05, 4.69) is 4.99 Å². The van der Waals surface area contributed by atoms with Crippen LogP contribution in [0.1, 0.15) is 17.2 Å². The van der Waals surface area contributed by atoms with Crippen molar-refractivity contribution in [3.8, 4) is 11.1 Å². The van der Waals surface area contributed by atoms with Crippen molar-refractivity contribution in [2.45, 2.75) is 12.6 Å². The molecule has 27 heavy (non-hydrogen) atoms. The first-order valence-corrected chi connectivity index (χ1v) is 8.37. The van der Waals surface area contributed by atoms with E-state index in [1.807, 2.05) is 0 Å². The zero-order chi connectivity index (χ0) is 19.7. The van der Waals surface area contributed by atoms with Crippen LogP contribution in [0.3, 0.4) is 0 Å². The van der Waals surface area contributed by atoms with Crippen LogP contribution in [-0.2, 0) is 11.3 Å². The molecule has 0 aliphatic carbocycles. The maximum absolute atomic E-state index is 14.4. The predicted octanol–water partition coefficient (Wildman–Crippen LogP) is 3.18. The van der Waals surface area contributed by atoms with Crippen LogP contribution in [-0.4, -0.2) is 30.5 Å². The van der Waals surface area contributed by atoms with Gasteiger partial charge >= 0.3 is 6.03 Å². The highest BCUT2D eigenvalue weighted by Gasteiger charge is 2.32. The van der Waals surface area contributed by atoms with Gasteiger partial charge in [0.05, 0.1) is 6.54 Å². The number of aliphatic imine (C=N–C) groups is 1. The molecular formula is C18H17ClF2N4O2. The lowest BCUT2D eigenvalue weighted by atomic mass is 9.89. The Morgan fingerprint density at radius 3 is 2.59 bits per heavy atom. The first-order valence-electron chi connectivity index (χ1n) is 7.99. The number of amides is 2. The van der Waals surface area contributed by atoms with Gasteiger partial charge in [-0.05, 0) is 29.3 Å². The summed E-state index contributed by atoms with van der Waals surface area (Å²) in [6.45, 7) is 0.270. The monoisotopic (exact) mass is 394 g/mol. The Bertz CT molecular complexity index is 932. The van der Waals surface area contributed by atoms with Crippen molar-refractivity contribution >= 4 is 23.6 Å². The maximum Gasteiger partial charge on any atom is 0.347 e. The number of fused-ring (bicyclic) bond motifs is 1. The van der Waals surface area contributed by atoms with Crippen molar-refractivity contribution in [1.82, 2.24) is 4.90 Å². The number of nitrogens with two attached hydrogens (primary N) is 2. The van der Waals surface area contributed by atoms with Crippen LogP contribution in [0.5, 0.6) is 0 Å². The van der Waals surface area contributed by atoms with Crippen LogP contribution in [0.15, 0.2) is 35.3 Å². The summed E-state index contributed by atoms with van der Waals surface area (Å²) < 4.78 is 33.2. The SMILES string of the molecule is COC1CN(C(=O)N=C(N)N)Cc2c(-c3ccc(F)cc3F)ccc(Cl)c21. The molecule has 0 saturated heterocycles. The van der Waals surface area contributed by atoms with Crippen molar-refractivity contribution in [2.75, 3.05) is 13.7 Å². The molecule has 0 fully saturated rings. The molecule has 3 rings (SSSR count). The lowest BCUT2D eigenvalue weighted by Gasteiger charge is -2.34. The van der Waals surface area contributed by atoms with E-state index >= 15 is 0 Å². The summed E-state index contributed by atoms with van der Waals surface area (Å²) in [5.41, 5.74) is 12.5. The Morgan fingerprint density at radius 1 is 1.26 bits per heavy atom. The minimum absolute atomic E-state index is 0.0948. The van der Waals surface area contributed by atoms with Crippen LogP contribution in [0.2, 0.25) is 5.02 Å². The number of nitrogens with zero attached hydrogens (tertiary/aromatic N) is 2. The highest BCUT2D eigenvalue weighted by molar-refractivity contribution is 6.31. The number of carbonyl (C=O) groups is 1. The molecular weight excluding hydrogens is 378 g/mol. The quantitative estimate of drug-likeness (QED) is 0.604. The molecule has 9 heteroatoms. The fourth-order valence-corrected chi connectivity index (χ4v) is 3.48. The summed E-state index contributed by atoms with van der Waals surface area (Å²) in [4.78, 5) is 17.2. The summed E-state index contributed by atoms with van der Waals surface area (Å²) in [6.07, 6.45) is -0.553. The molecule has 0 radical (unpaired) electrons. The van der Waals surface area contributed by atoms with Crippen LogP contribution in [0.4, 0.5) is 13.6 Å². The molecule has 0 aromatic heterocycles. The highest BCUT2D eigenvalue weighted by Crippen LogP contribution is 2.40. The van der Waals surface area contributed by atoms with Crippen LogP contribution in [0.25, 0.3) is 11.1 Å². The minimum Gasteiger partial charge on any atom is -0.375 e. The van der Waals surface area contributed by atoms with E-state index in [1.165, 1.54) is 24.1 Å². The number of halogens is 3. The molecule has 1 aliphatic rings. The largest absolute Gasteiger partial charge is 0.375 e. The van der Waals surface area contributed by atoms with Crippen molar-refractivity contribution in [2.24, 2.45) is 16.5 Å². The molecule has 1 heterocycles. The van der Waals surface area contributed by atoms with Crippen LogP contribution < -0.4 is 11.5 Å². The van der Waals surface area contributed by atoms with Gasteiger partial charge in [0, 0.05) is 35.9 Å². The molecule has 0 bridgehead atoms. The summed E-state index contributed by atoms with van der Waals surface area (Å²) in [7, 11) is 1.48. The Balaban J connectivity index is 2.15. The molecule has 6 nitrogen and oxygen atoms in total. The second-order valence-corrected chi connectivity index (χ2v) is 6.44. The third-order valence-corrected chi connectivity index (χ3v) is 4.69. The Morgan fingerprint density at radius 2 is 1.96 bits per heavy atom. The zero-order valence-corrected chi connectivity index (χ0v) is 15.1. The average Bonchev–Trinajstić information content (AvgIpc) is 2.61. The molecule has 142 valence electrons. The van der Waals surface area contributed by atoms with Gasteiger partial charge < -0.3 is 21.1 Å².